The number of anilines is 1. The van der Waals surface area contributed by atoms with E-state index in [2.05, 4.69) is 46.3 Å². The third-order valence-electron chi connectivity index (χ3n) is 3.49. The average molecular weight is 337 g/mol. The summed E-state index contributed by atoms with van der Waals surface area (Å²) in [6.45, 7) is 6.19. The van der Waals surface area contributed by atoms with Gasteiger partial charge >= 0.3 is 0 Å². The van der Waals surface area contributed by atoms with Crippen molar-refractivity contribution < 1.29 is 9.53 Å². The van der Waals surface area contributed by atoms with Crippen molar-refractivity contribution >= 4 is 11.7 Å². The number of aromatic nitrogens is 4. The molecule has 0 spiro atoms. The zero-order chi connectivity index (χ0) is 17.9. The molecule has 0 unspecified atom stereocenters. The lowest BCUT2D eigenvalue weighted by atomic mass is 9.92. The molecule has 3 aromatic rings. The number of carbonyl (C=O) groups excluding carboxylic acids is 1. The van der Waals surface area contributed by atoms with Gasteiger partial charge in [-0.1, -0.05) is 20.8 Å². The minimum Gasteiger partial charge on any atom is -0.437 e. The molecule has 0 bridgehead atoms. The smallest absolute Gasteiger partial charge is 0.262 e. The average Bonchev–Trinajstić information content (AvgIpc) is 3.05. The van der Waals surface area contributed by atoms with Crippen LogP contribution in [0.2, 0.25) is 0 Å². The van der Waals surface area contributed by atoms with Crippen molar-refractivity contribution in [3.05, 3.63) is 60.2 Å². The quantitative estimate of drug-likeness (QED) is 0.759. The molecule has 1 amide bonds. The minimum absolute atomic E-state index is 0.0845. The van der Waals surface area contributed by atoms with Gasteiger partial charge in [-0.25, -0.2) is 4.98 Å². The first kappa shape index (κ1) is 16.6. The van der Waals surface area contributed by atoms with Crippen LogP contribution >= 0.6 is 0 Å². The second-order valence-electron chi connectivity index (χ2n) is 6.52. The lowest BCUT2D eigenvalue weighted by Crippen LogP contribution is -2.14. The monoisotopic (exact) mass is 337 g/mol. The summed E-state index contributed by atoms with van der Waals surface area (Å²) in [5, 5.41) is 9.83. The summed E-state index contributed by atoms with van der Waals surface area (Å²) in [4.78, 5) is 20.7. The molecule has 0 aliphatic carbocycles. The van der Waals surface area contributed by atoms with Crippen molar-refractivity contribution in [3.8, 4) is 11.6 Å². The van der Waals surface area contributed by atoms with Crippen molar-refractivity contribution in [2.75, 3.05) is 5.32 Å². The molecule has 7 nitrogen and oxygen atoms in total. The van der Waals surface area contributed by atoms with E-state index in [1.807, 2.05) is 6.07 Å². The van der Waals surface area contributed by atoms with Gasteiger partial charge in [0.05, 0.1) is 6.20 Å². The van der Waals surface area contributed by atoms with Crippen LogP contribution in [0.3, 0.4) is 0 Å². The van der Waals surface area contributed by atoms with Crippen LogP contribution in [-0.2, 0) is 5.41 Å². The molecule has 0 aliphatic rings. The SMILES string of the molecule is CC(C)(C)c1cc(NC(=O)c2cccnc2Oc2cccnc2)n[nH]1. The number of ether oxygens (including phenoxy) is 1. The van der Waals surface area contributed by atoms with Gasteiger partial charge in [0.2, 0.25) is 5.88 Å². The number of amides is 1. The van der Waals surface area contributed by atoms with E-state index in [9.17, 15) is 4.79 Å². The van der Waals surface area contributed by atoms with Gasteiger partial charge in [-0.2, -0.15) is 5.10 Å². The molecule has 2 N–H and O–H groups in total. The van der Waals surface area contributed by atoms with E-state index in [-0.39, 0.29) is 17.2 Å². The Labute approximate surface area is 145 Å². The molecule has 25 heavy (non-hydrogen) atoms. The zero-order valence-electron chi connectivity index (χ0n) is 14.3. The Balaban J connectivity index is 1.80. The van der Waals surface area contributed by atoms with Crippen LogP contribution < -0.4 is 10.1 Å². The van der Waals surface area contributed by atoms with E-state index < -0.39 is 0 Å². The molecule has 3 rings (SSSR count). The summed E-state index contributed by atoms with van der Waals surface area (Å²) in [5.74, 6) is 0.815. The summed E-state index contributed by atoms with van der Waals surface area (Å²) < 4.78 is 5.67. The summed E-state index contributed by atoms with van der Waals surface area (Å²) in [6, 6.07) is 8.62. The summed E-state index contributed by atoms with van der Waals surface area (Å²) in [6.07, 6.45) is 4.76. The Morgan fingerprint density at radius 2 is 2.00 bits per heavy atom. The van der Waals surface area contributed by atoms with Crippen molar-refractivity contribution in [1.29, 1.82) is 0 Å². The van der Waals surface area contributed by atoms with Gasteiger partial charge in [0.25, 0.3) is 5.91 Å². The highest BCUT2D eigenvalue weighted by atomic mass is 16.5. The molecule has 0 saturated carbocycles. The molecule has 0 atom stereocenters. The van der Waals surface area contributed by atoms with Gasteiger partial charge in [-0.15, -0.1) is 0 Å². The van der Waals surface area contributed by atoms with Gasteiger partial charge in [0, 0.05) is 29.6 Å². The number of hydrogen-bond acceptors (Lipinski definition) is 5. The topological polar surface area (TPSA) is 92.8 Å². The van der Waals surface area contributed by atoms with Gasteiger partial charge in [0.1, 0.15) is 11.3 Å². The van der Waals surface area contributed by atoms with E-state index in [4.69, 9.17) is 4.74 Å². The largest absolute Gasteiger partial charge is 0.437 e. The molecule has 3 aromatic heterocycles. The molecule has 0 aliphatic heterocycles. The maximum atomic E-state index is 12.6. The molecule has 0 fully saturated rings. The highest BCUT2D eigenvalue weighted by Crippen LogP contribution is 2.24. The van der Waals surface area contributed by atoms with Crippen LogP contribution in [0.4, 0.5) is 5.82 Å². The van der Waals surface area contributed by atoms with Crippen molar-refractivity contribution in [3.63, 3.8) is 0 Å². The van der Waals surface area contributed by atoms with Crippen LogP contribution in [0, 0.1) is 0 Å². The maximum Gasteiger partial charge on any atom is 0.262 e. The first-order valence-corrected chi connectivity index (χ1v) is 7.83. The number of nitrogens with one attached hydrogen (secondary N) is 2. The molecule has 0 saturated heterocycles. The van der Waals surface area contributed by atoms with Crippen LogP contribution in [0.15, 0.2) is 48.9 Å². The Bertz CT molecular complexity index is 868. The van der Waals surface area contributed by atoms with Gasteiger partial charge < -0.3 is 10.1 Å². The zero-order valence-corrected chi connectivity index (χ0v) is 14.3. The lowest BCUT2D eigenvalue weighted by molar-refractivity contribution is 0.102. The second-order valence-corrected chi connectivity index (χ2v) is 6.52. The minimum atomic E-state index is -0.348. The molecular weight excluding hydrogens is 318 g/mol. The Morgan fingerprint density at radius 1 is 1.20 bits per heavy atom. The molecular formula is C18H19N5O2. The number of hydrogen-bond donors (Lipinski definition) is 2. The lowest BCUT2D eigenvalue weighted by Gasteiger charge is -2.14. The van der Waals surface area contributed by atoms with E-state index in [0.29, 0.717) is 17.1 Å². The number of carbonyl (C=O) groups is 1. The third-order valence-corrected chi connectivity index (χ3v) is 3.49. The molecule has 128 valence electrons. The molecule has 0 aromatic carbocycles. The van der Waals surface area contributed by atoms with E-state index in [0.717, 1.165) is 5.69 Å². The molecule has 7 heteroatoms. The van der Waals surface area contributed by atoms with Gasteiger partial charge in [-0.3, -0.25) is 14.9 Å². The first-order chi connectivity index (χ1) is 11.9. The number of H-pyrrole nitrogens is 1. The predicted octanol–water partition coefficient (Wildman–Crippen LogP) is 3.54. The first-order valence-electron chi connectivity index (χ1n) is 7.83. The fraction of sp³-hybridized carbons (Fsp3) is 0.222. The van der Waals surface area contributed by atoms with Crippen molar-refractivity contribution in [2.45, 2.75) is 26.2 Å². The predicted molar refractivity (Wildman–Crippen MR) is 93.8 cm³/mol. The standard InChI is InChI=1S/C18H19N5O2/c1-18(2,3)14-10-15(23-22-14)21-16(24)13-7-5-9-20-17(13)25-12-6-4-8-19-11-12/h4-11H,1-3H3,(H2,21,22,23,24). The fourth-order valence-corrected chi connectivity index (χ4v) is 2.12. The molecule has 0 radical (unpaired) electrons. The van der Waals surface area contributed by atoms with Crippen LogP contribution in [-0.4, -0.2) is 26.1 Å². The number of pyridine rings is 2. The third kappa shape index (κ3) is 4.00. The second kappa shape index (κ2) is 6.72. The van der Waals surface area contributed by atoms with Gasteiger partial charge in [-0.05, 0) is 24.3 Å². The Kier molecular flexibility index (Phi) is 4.47. The number of rotatable bonds is 4. The van der Waals surface area contributed by atoms with Crippen LogP contribution in [0.1, 0.15) is 36.8 Å². The molecule has 3 heterocycles. The summed E-state index contributed by atoms with van der Waals surface area (Å²) in [7, 11) is 0. The number of aromatic amines is 1. The highest BCUT2D eigenvalue weighted by molar-refractivity contribution is 6.05. The highest BCUT2D eigenvalue weighted by Gasteiger charge is 2.19. The summed E-state index contributed by atoms with van der Waals surface area (Å²) in [5.41, 5.74) is 1.16. The van der Waals surface area contributed by atoms with Crippen LogP contribution in [0.25, 0.3) is 0 Å². The Hall–Kier alpha value is -3.22. The van der Waals surface area contributed by atoms with Crippen LogP contribution in [0.5, 0.6) is 11.6 Å². The van der Waals surface area contributed by atoms with E-state index >= 15 is 0 Å². The van der Waals surface area contributed by atoms with Gasteiger partial charge in [0.15, 0.2) is 5.82 Å². The number of nitrogens with zero attached hydrogens (tertiary/aromatic N) is 3. The normalized spacial score (nSPS) is 11.2. The van der Waals surface area contributed by atoms with E-state index in [1.165, 1.54) is 0 Å². The maximum absolute atomic E-state index is 12.6. The van der Waals surface area contributed by atoms with Crippen molar-refractivity contribution in [2.24, 2.45) is 0 Å². The summed E-state index contributed by atoms with van der Waals surface area (Å²) >= 11 is 0. The van der Waals surface area contributed by atoms with E-state index in [1.54, 1.807) is 42.9 Å². The fourth-order valence-electron chi connectivity index (χ4n) is 2.12. The van der Waals surface area contributed by atoms with Crippen molar-refractivity contribution in [1.82, 2.24) is 20.2 Å². The Morgan fingerprint density at radius 3 is 2.68 bits per heavy atom.